The zero-order chi connectivity index (χ0) is 12.4. The van der Waals surface area contributed by atoms with Gasteiger partial charge in [0.15, 0.2) is 0 Å². The minimum Gasteiger partial charge on any atom is -0.201 e. The Hall–Kier alpha value is -1.43. The SMILES string of the molecule is CCC(F)(F)c1cccc(C(C)(C)C#N)c1. The molecule has 0 saturated heterocycles. The summed E-state index contributed by atoms with van der Waals surface area (Å²) in [5.74, 6) is -2.82. The van der Waals surface area contributed by atoms with E-state index in [9.17, 15) is 8.78 Å². The fourth-order valence-corrected chi connectivity index (χ4v) is 1.40. The van der Waals surface area contributed by atoms with Crippen LogP contribution in [0, 0.1) is 11.3 Å². The van der Waals surface area contributed by atoms with Gasteiger partial charge in [-0.3, -0.25) is 0 Å². The van der Waals surface area contributed by atoms with Crippen molar-refractivity contribution in [1.29, 1.82) is 5.26 Å². The van der Waals surface area contributed by atoms with Crippen molar-refractivity contribution in [2.24, 2.45) is 0 Å². The molecule has 0 fully saturated rings. The summed E-state index contributed by atoms with van der Waals surface area (Å²) in [6, 6.07) is 8.22. The second-order valence-electron chi connectivity index (χ2n) is 4.38. The largest absolute Gasteiger partial charge is 0.273 e. The number of halogens is 2. The molecular weight excluding hydrogens is 208 g/mol. The van der Waals surface area contributed by atoms with Crippen LogP contribution in [-0.2, 0) is 11.3 Å². The molecule has 86 valence electrons. The highest BCUT2D eigenvalue weighted by Gasteiger charge is 2.30. The summed E-state index contributed by atoms with van der Waals surface area (Å²) < 4.78 is 26.9. The van der Waals surface area contributed by atoms with Gasteiger partial charge in [0.1, 0.15) is 0 Å². The van der Waals surface area contributed by atoms with Crippen molar-refractivity contribution < 1.29 is 8.78 Å². The fourth-order valence-electron chi connectivity index (χ4n) is 1.40. The number of benzene rings is 1. The van der Waals surface area contributed by atoms with Crippen LogP contribution in [0.15, 0.2) is 24.3 Å². The Morgan fingerprint density at radius 1 is 1.25 bits per heavy atom. The van der Waals surface area contributed by atoms with E-state index in [1.165, 1.54) is 19.1 Å². The van der Waals surface area contributed by atoms with E-state index in [0.29, 0.717) is 5.56 Å². The van der Waals surface area contributed by atoms with Crippen LogP contribution in [0.2, 0.25) is 0 Å². The summed E-state index contributed by atoms with van der Waals surface area (Å²) in [6.45, 7) is 4.88. The Bertz CT molecular complexity index is 416. The Morgan fingerprint density at radius 2 is 1.81 bits per heavy atom. The molecule has 0 unspecified atom stereocenters. The first-order chi connectivity index (χ1) is 7.33. The molecule has 16 heavy (non-hydrogen) atoms. The van der Waals surface area contributed by atoms with E-state index < -0.39 is 11.3 Å². The summed E-state index contributed by atoms with van der Waals surface area (Å²) in [6.07, 6.45) is -0.233. The highest BCUT2D eigenvalue weighted by molar-refractivity contribution is 5.35. The second-order valence-corrected chi connectivity index (χ2v) is 4.38. The van der Waals surface area contributed by atoms with Gasteiger partial charge >= 0.3 is 0 Å². The van der Waals surface area contributed by atoms with Gasteiger partial charge in [0.2, 0.25) is 0 Å². The topological polar surface area (TPSA) is 23.8 Å². The number of alkyl halides is 2. The van der Waals surface area contributed by atoms with Crippen LogP contribution in [0.3, 0.4) is 0 Å². The van der Waals surface area contributed by atoms with E-state index in [-0.39, 0.29) is 12.0 Å². The van der Waals surface area contributed by atoms with Crippen molar-refractivity contribution in [3.8, 4) is 6.07 Å². The predicted octanol–water partition coefficient (Wildman–Crippen LogP) is 3.99. The van der Waals surface area contributed by atoms with Crippen LogP contribution < -0.4 is 0 Å². The number of nitriles is 1. The molecule has 0 saturated carbocycles. The summed E-state index contributed by atoms with van der Waals surface area (Å²) in [4.78, 5) is 0. The van der Waals surface area contributed by atoms with Gasteiger partial charge in [-0.1, -0.05) is 25.1 Å². The van der Waals surface area contributed by atoms with Crippen LogP contribution in [0.4, 0.5) is 8.78 Å². The normalized spacial score (nSPS) is 12.2. The molecule has 0 atom stereocenters. The molecule has 1 aromatic carbocycles. The molecule has 0 amide bonds. The highest BCUT2D eigenvalue weighted by Crippen LogP contribution is 2.33. The lowest BCUT2D eigenvalue weighted by molar-refractivity contribution is -0.00838. The van der Waals surface area contributed by atoms with Crippen molar-refractivity contribution in [3.05, 3.63) is 35.4 Å². The van der Waals surface area contributed by atoms with Gasteiger partial charge in [0.25, 0.3) is 5.92 Å². The molecule has 1 aromatic rings. The zero-order valence-electron chi connectivity index (χ0n) is 9.72. The van der Waals surface area contributed by atoms with Crippen LogP contribution in [0.1, 0.15) is 38.3 Å². The summed E-state index contributed by atoms with van der Waals surface area (Å²) in [5, 5.41) is 8.96. The smallest absolute Gasteiger partial charge is 0.201 e. The molecule has 0 aliphatic rings. The van der Waals surface area contributed by atoms with Crippen LogP contribution in [-0.4, -0.2) is 0 Å². The molecule has 0 radical (unpaired) electrons. The van der Waals surface area contributed by atoms with Gasteiger partial charge in [-0.15, -0.1) is 0 Å². The molecule has 1 nitrogen and oxygen atoms in total. The summed E-state index contributed by atoms with van der Waals surface area (Å²) >= 11 is 0. The average Bonchev–Trinajstić information content (AvgIpc) is 2.29. The number of hydrogen-bond donors (Lipinski definition) is 0. The number of hydrogen-bond acceptors (Lipinski definition) is 1. The first-order valence-corrected chi connectivity index (χ1v) is 5.23. The first kappa shape index (κ1) is 12.6. The Balaban J connectivity index is 3.21. The van der Waals surface area contributed by atoms with E-state index in [0.717, 1.165) is 0 Å². The molecule has 0 aliphatic heterocycles. The Morgan fingerprint density at radius 3 is 2.31 bits per heavy atom. The molecule has 0 spiro atoms. The van der Waals surface area contributed by atoms with Gasteiger partial charge in [-0.2, -0.15) is 5.26 Å². The van der Waals surface area contributed by atoms with E-state index in [1.807, 2.05) is 0 Å². The molecule has 0 heterocycles. The van der Waals surface area contributed by atoms with Gasteiger partial charge in [-0.25, -0.2) is 8.78 Å². The average molecular weight is 223 g/mol. The van der Waals surface area contributed by atoms with E-state index in [4.69, 9.17) is 5.26 Å². The van der Waals surface area contributed by atoms with E-state index >= 15 is 0 Å². The summed E-state index contributed by atoms with van der Waals surface area (Å²) in [7, 11) is 0. The van der Waals surface area contributed by atoms with Crippen LogP contribution in [0.25, 0.3) is 0 Å². The standard InChI is InChI=1S/C13H15F2N/c1-4-13(14,15)11-7-5-6-10(8-11)12(2,3)9-16/h5-8H,4H2,1-3H3. The molecule has 0 bridgehead atoms. The molecule has 0 aromatic heterocycles. The minimum atomic E-state index is -2.82. The van der Waals surface area contributed by atoms with Crippen LogP contribution in [0.5, 0.6) is 0 Å². The molecule has 0 aliphatic carbocycles. The van der Waals surface area contributed by atoms with E-state index in [2.05, 4.69) is 6.07 Å². The Kier molecular flexibility index (Phi) is 3.32. The quantitative estimate of drug-likeness (QED) is 0.760. The van der Waals surface area contributed by atoms with Gasteiger partial charge in [-0.05, 0) is 25.5 Å². The minimum absolute atomic E-state index is 0.0178. The van der Waals surface area contributed by atoms with Crippen LogP contribution >= 0.6 is 0 Å². The monoisotopic (exact) mass is 223 g/mol. The molecule has 1 rings (SSSR count). The molecule has 0 N–H and O–H groups in total. The van der Waals surface area contributed by atoms with Crippen molar-refractivity contribution in [2.75, 3.05) is 0 Å². The first-order valence-electron chi connectivity index (χ1n) is 5.23. The van der Waals surface area contributed by atoms with Crippen molar-refractivity contribution in [2.45, 2.75) is 38.5 Å². The maximum Gasteiger partial charge on any atom is 0.273 e. The summed E-state index contributed by atoms with van der Waals surface area (Å²) in [5.41, 5.74) is -0.128. The highest BCUT2D eigenvalue weighted by atomic mass is 19.3. The van der Waals surface area contributed by atoms with Gasteiger partial charge in [0, 0.05) is 12.0 Å². The van der Waals surface area contributed by atoms with Gasteiger partial charge < -0.3 is 0 Å². The molecule has 3 heteroatoms. The van der Waals surface area contributed by atoms with Crippen molar-refractivity contribution in [3.63, 3.8) is 0 Å². The third-order valence-electron chi connectivity index (χ3n) is 2.73. The van der Waals surface area contributed by atoms with Crippen molar-refractivity contribution >= 4 is 0 Å². The lowest BCUT2D eigenvalue weighted by atomic mass is 9.85. The maximum absolute atomic E-state index is 13.5. The van der Waals surface area contributed by atoms with Gasteiger partial charge in [0.05, 0.1) is 11.5 Å². The number of rotatable bonds is 3. The zero-order valence-corrected chi connectivity index (χ0v) is 9.72. The fraction of sp³-hybridized carbons (Fsp3) is 0.462. The third-order valence-corrected chi connectivity index (χ3v) is 2.73. The Labute approximate surface area is 94.7 Å². The van der Waals surface area contributed by atoms with E-state index in [1.54, 1.807) is 26.0 Å². The number of nitrogens with zero attached hydrogens (tertiary/aromatic N) is 1. The predicted molar refractivity (Wildman–Crippen MR) is 59.3 cm³/mol. The lowest BCUT2D eigenvalue weighted by Crippen LogP contribution is -2.17. The third kappa shape index (κ3) is 2.38. The lowest BCUT2D eigenvalue weighted by Gasteiger charge is -2.20. The maximum atomic E-state index is 13.5. The molecular formula is C13H15F2N. The second kappa shape index (κ2) is 4.21. The van der Waals surface area contributed by atoms with Crippen molar-refractivity contribution in [1.82, 2.24) is 0 Å².